The molecule has 0 spiro atoms. The second-order valence-corrected chi connectivity index (χ2v) is 5.06. The van der Waals surface area contributed by atoms with Crippen molar-refractivity contribution in [2.45, 2.75) is 38.5 Å². The number of fused-ring (bicyclic) bond motifs is 1. The number of carboxylic acid groups (broad SMARTS) is 1. The summed E-state index contributed by atoms with van der Waals surface area (Å²) in [6, 6.07) is 0. The summed E-state index contributed by atoms with van der Waals surface area (Å²) in [6.45, 7) is 3.44. The predicted octanol–water partition coefficient (Wildman–Crippen LogP) is 1.97. The summed E-state index contributed by atoms with van der Waals surface area (Å²) < 4.78 is 0. The molecule has 1 N–H and O–H groups in total. The van der Waals surface area contributed by atoms with Crippen LogP contribution in [0.15, 0.2) is 0 Å². The van der Waals surface area contributed by atoms with Crippen molar-refractivity contribution in [1.82, 2.24) is 4.90 Å². The normalized spacial score (nSPS) is 31.5. The fourth-order valence-corrected chi connectivity index (χ4v) is 3.14. The molecule has 0 aromatic carbocycles. The van der Waals surface area contributed by atoms with Gasteiger partial charge in [-0.05, 0) is 37.6 Å². The van der Waals surface area contributed by atoms with Gasteiger partial charge in [0.05, 0.1) is 0 Å². The molecule has 2 fully saturated rings. The van der Waals surface area contributed by atoms with Crippen molar-refractivity contribution in [2.24, 2.45) is 11.8 Å². The van der Waals surface area contributed by atoms with Crippen LogP contribution < -0.4 is 0 Å². The maximum Gasteiger partial charge on any atom is 0.303 e. The van der Waals surface area contributed by atoms with Crippen molar-refractivity contribution in [2.75, 3.05) is 19.6 Å². The van der Waals surface area contributed by atoms with Crippen LogP contribution in [-0.2, 0) is 4.79 Å². The van der Waals surface area contributed by atoms with Crippen molar-refractivity contribution in [3.8, 4) is 0 Å². The van der Waals surface area contributed by atoms with E-state index in [2.05, 4.69) is 4.90 Å². The van der Waals surface area contributed by atoms with Gasteiger partial charge in [0.25, 0.3) is 0 Å². The molecule has 1 aliphatic carbocycles. The minimum absolute atomic E-state index is 0.325. The summed E-state index contributed by atoms with van der Waals surface area (Å²) in [5, 5.41) is 8.58. The van der Waals surface area contributed by atoms with Gasteiger partial charge in [-0.1, -0.05) is 12.8 Å². The van der Waals surface area contributed by atoms with Crippen LogP contribution in [-0.4, -0.2) is 35.6 Å². The summed E-state index contributed by atoms with van der Waals surface area (Å²) in [5.74, 6) is 1.18. The molecule has 0 bridgehead atoms. The molecule has 1 aliphatic heterocycles. The van der Waals surface area contributed by atoms with Crippen LogP contribution in [0.2, 0.25) is 0 Å². The first-order valence-electron chi connectivity index (χ1n) is 6.20. The monoisotopic (exact) mass is 211 g/mol. The molecule has 3 nitrogen and oxygen atoms in total. The van der Waals surface area contributed by atoms with Crippen molar-refractivity contribution < 1.29 is 9.90 Å². The van der Waals surface area contributed by atoms with Crippen molar-refractivity contribution in [1.29, 1.82) is 0 Å². The third kappa shape index (κ3) is 2.94. The molecule has 0 aromatic heterocycles. The van der Waals surface area contributed by atoms with E-state index in [1.54, 1.807) is 0 Å². The molecule has 0 amide bonds. The molecule has 2 aliphatic rings. The lowest BCUT2D eigenvalue weighted by atomic mass is 9.82. The molecule has 15 heavy (non-hydrogen) atoms. The zero-order chi connectivity index (χ0) is 10.7. The number of hydrogen-bond donors (Lipinski definition) is 1. The second-order valence-electron chi connectivity index (χ2n) is 5.06. The van der Waals surface area contributed by atoms with Gasteiger partial charge in [0.15, 0.2) is 0 Å². The van der Waals surface area contributed by atoms with Crippen molar-refractivity contribution >= 4 is 5.97 Å². The van der Waals surface area contributed by atoms with Gasteiger partial charge in [0, 0.05) is 19.5 Å². The number of nitrogens with zero attached hydrogens (tertiary/aromatic N) is 1. The van der Waals surface area contributed by atoms with Gasteiger partial charge < -0.3 is 10.0 Å². The number of carboxylic acids is 1. The Hall–Kier alpha value is -0.570. The average molecular weight is 211 g/mol. The van der Waals surface area contributed by atoms with Crippen LogP contribution in [0.4, 0.5) is 0 Å². The van der Waals surface area contributed by atoms with Crippen molar-refractivity contribution in [3.05, 3.63) is 0 Å². The number of rotatable bonds is 4. The van der Waals surface area contributed by atoms with E-state index < -0.39 is 5.97 Å². The Bertz CT molecular complexity index is 216. The lowest BCUT2D eigenvalue weighted by Gasteiger charge is -2.23. The van der Waals surface area contributed by atoms with Gasteiger partial charge >= 0.3 is 5.97 Å². The zero-order valence-electron chi connectivity index (χ0n) is 9.32. The molecule has 3 heteroatoms. The van der Waals surface area contributed by atoms with Crippen LogP contribution in [0.3, 0.4) is 0 Å². The molecule has 1 saturated carbocycles. The molecule has 0 unspecified atom stereocenters. The zero-order valence-corrected chi connectivity index (χ0v) is 9.32. The van der Waals surface area contributed by atoms with E-state index in [1.165, 1.54) is 38.8 Å². The SMILES string of the molecule is O=C(O)CCCN1C[C@H]2CCCC[C@H]2C1. The summed E-state index contributed by atoms with van der Waals surface area (Å²) in [4.78, 5) is 12.9. The summed E-state index contributed by atoms with van der Waals surface area (Å²) in [5.41, 5.74) is 0. The van der Waals surface area contributed by atoms with Crippen LogP contribution in [0.5, 0.6) is 0 Å². The number of carbonyl (C=O) groups is 1. The van der Waals surface area contributed by atoms with E-state index in [-0.39, 0.29) is 0 Å². The third-order valence-electron chi connectivity index (χ3n) is 3.92. The van der Waals surface area contributed by atoms with E-state index in [9.17, 15) is 4.79 Å². The van der Waals surface area contributed by atoms with Gasteiger partial charge in [-0.15, -0.1) is 0 Å². The van der Waals surface area contributed by atoms with Gasteiger partial charge in [-0.25, -0.2) is 0 Å². The Morgan fingerprint density at radius 1 is 1.20 bits per heavy atom. The highest BCUT2D eigenvalue weighted by Crippen LogP contribution is 2.35. The lowest BCUT2D eigenvalue weighted by molar-refractivity contribution is -0.137. The summed E-state index contributed by atoms with van der Waals surface area (Å²) in [6.07, 6.45) is 6.76. The van der Waals surface area contributed by atoms with E-state index in [0.717, 1.165) is 24.8 Å². The minimum Gasteiger partial charge on any atom is -0.481 e. The predicted molar refractivity (Wildman–Crippen MR) is 58.8 cm³/mol. The van der Waals surface area contributed by atoms with Gasteiger partial charge in [-0.3, -0.25) is 4.79 Å². The molecule has 1 saturated heterocycles. The quantitative estimate of drug-likeness (QED) is 0.773. The molecular formula is C12H21NO2. The van der Waals surface area contributed by atoms with Crippen LogP contribution >= 0.6 is 0 Å². The summed E-state index contributed by atoms with van der Waals surface area (Å²) >= 11 is 0. The highest BCUT2D eigenvalue weighted by molar-refractivity contribution is 5.66. The number of likely N-dealkylation sites (tertiary alicyclic amines) is 1. The second kappa shape index (κ2) is 4.97. The standard InChI is InChI=1S/C12H21NO2/c14-12(15)6-3-7-13-8-10-4-1-2-5-11(10)9-13/h10-11H,1-9H2,(H,14,15)/t10-,11+. The first-order valence-corrected chi connectivity index (χ1v) is 6.20. The van der Waals surface area contributed by atoms with E-state index in [1.807, 2.05) is 0 Å². The largest absolute Gasteiger partial charge is 0.481 e. The summed E-state index contributed by atoms with van der Waals surface area (Å²) in [7, 11) is 0. The fraction of sp³-hybridized carbons (Fsp3) is 0.917. The van der Waals surface area contributed by atoms with E-state index >= 15 is 0 Å². The van der Waals surface area contributed by atoms with Crippen LogP contribution in [0.25, 0.3) is 0 Å². The highest BCUT2D eigenvalue weighted by atomic mass is 16.4. The molecule has 86 valence electrons. The van der Waals surface area contributed by atoms with Crippen LogP contribution in [0, 0.1) is 11.8 Å². The van der Waals surface area contributed by atoms with Gasteiger partial charge in [0.1, 0.15) is 0 Å². The molecule has 1 heterocycles. The fourth-order valence-electron chi connectivity index (χ4n) is 3.14. The molecule has 0 aromatic rings. The molecular weight excluding hydrogens is 190 g/mol. The van der Waals surface area contributed by atoms with E-state index in [4.69, 9.17) is 5.11 Å². The Morgan fingerprint density at radius 3 is 2.33 bits per heavy atom. The van der Waals surface area contributed by atoms with Gasteiger partial charge in [0.2, 0.25) is 0 Å². The number of aliphatic carboxylic acids is 1. The lowest BCUT2D eigenvalue weighted by Crippen LogP contribution is -2.22. The van der Waals surface area contributed by atoms with Crippen molar-refractivity contribution in [3.63, 3.8) is 0 Å². The highest BCUT2D eigenvalue weighted by Gasteiger charge is 2.33. The number of hydrogen-bond acceptors (Lipinski definition) is 2. The Kier molecular flexibility index (Phi) is 3.62. The third-order valence-corrected chi connectivity index (χ3v) is 3.92. The van der Waals surface area contributed by atoms with Crippen LogP contribution in [0.1, 0.15) is 38.5 Å². The van der Waals surface area contributed by atoms with E-state index in [0.29, 0.717) is 6.42 Å². The average Bonchev–Trinajstić information content (AvgIpc) is 2.59. The first kappa shape index (κ1) is 10.9. The molecule has 0 radical (unpaired) electrons. The Labute approximate surface area is 91.5 Å². The Morgan fingerprint density at radius 2 is 1.80 bits per heavy atom. The first-order chi connectivity index (χ1) is 7.25. The maximum absolute atomic E-state index is 10.4. The molecule has 2 rings (SSSR count). The van der Waals surface area contributed by atoms with Gasteiger partial charge in [-0.2, -0.15) is 0 Å². The Balaban J connectivity index is 1.69. The minimum atomic E-state index is -0.661. The topological polar surface area (TPSA) is 40.5 Å². The maximum atomic E-state index is 10.4. The smallest absolute Gasteiger partial charge is 0.303 e. The molecule has 2 atom stereocenters.